The Hall–Kier alpha value is -0.120. The summed E-state index contributed by atoms with van der Waals surface area (Å²) in [6.45, 7) is 1.50. The van der Waals surface area contributed by atoms with E-state index in [1.165, 1.54) is 0 Å². The Morgan fingerprint density at radius 3 is 3.08 bits per heavy atom. The molecule has 1 fully saturated rings. The number of aliphatic hydroxyl groups is 1. The van der Waals surface area contributed by atoms with Crippen LogP contribution >= 0.6 is 0 Å². The maximum Gasteiger partial charge on any atom is 0.0600 e. The van der Waals surface area contributed by atoms with Gasteiger partial charge in [-0.1, -0.05) is 0 Å². The molecule has 0 aromatic heterocycles. The van der Waals surface area contributed by atoms with Gasteiger partial charge in [-0.25, -0.2) is 0 Å². The lowest BCUT2D eigenvalue weighted by Crippen LogP contribution is -2.18. The quantitative estimate of drug-likeness (QED) is 0.674. The standard InChI is InChI=1S/C9H18O3/c1-11-6-4-8(10)7-9-3-2-5-12-9/h8-10H,2-7H2,1H3. The average molecular weight is 174 g/mol. The first-order valence-electron chi connectivity index (χ1n) is 4.61. The summed E-state index contributed by atoms with van der Waals surface area (Å²) in [7, 11) is 1.65. The van der Waals surface area contributed by atoms with Crippen LogP contribution in [0.15, 0.2) is 0 Å². The van der Waals surface area contributed by atoms with Crippen molar-refractivity contribution in [3.8, 4) is 0 Å². The van der Waals surface area contributed by atoms with Crippen LogP contribution in [0.2, 0.25) is 0 Å². The highest BCUT2D eigenvalue weighted by atomic mass is 16.5. The first-order chi connectivity index (χ1) is 5.83. The van der Waals surface area contributed by atoms with E-state index >= 15 is 0 Å². The van der Waals surface area contributed by atoms with Crippen LogP contribution in [0.4, 0.5) is 0 Å². The molecule has 0 aromatic rings. The van der Waals surface area contributed by atoms with Crippen molar-refractivity contribution in [3.63, 3.8) is 0 Å². The van der Waals surface area contributed by atoms with Crippen LogP contribution in [0.25, 0.3) is 0 Å². The van der Waals surface area contributed by atoms with Crippen molar-refractivity contribution in [3.05, 3.63) is 0 Å². The van der Waals surface area contributed by atoms with Crippen LogP contribution in [-0.4, -0.2) is 37.6 Å². The molecule has 1 aliphatic rings. The van der Waals surface area contributed by atoms with Gasteiger partial charge >= 0.3 is 0 Å². The van der Waals surface area contributed by atoms with Crippen molar-refractivity contribution in [1.82, 2.24) is 0 Å². The first kappa shape index (κ1) is 9.96. The zero-order valence-corrected chi connectivity index (χ0v) is 7.66. The number of hydrogen-bond acceptors (Lipinski definition) is 3. The Kier molecular flexibility index (Phi) is 4.58. The van der Waals surface area contributed by atoms with Crippen LogP contribution in [0, 0.1) is 0 Å². The van der Waals surface area contributed by atoms with Crippen LogP contribution < -0.4 is 0 Å². The van der Waals surface area contributed by atoms with E-state index in [0.717, 1.165) is 32.3 Å². The van der Waals surface area contributed by atoms with E-state index in [1.807, 2.05) is 0 Å². The molecule has 0 spiro atoms. The Morgan fingerprint density at radius 1 is 1.67 bits per heavy atom. The summed E-state index contributed by atoms with van der Waals surface area (Å²) in [5, 5.41) is 9.48. The highest BCUT2D eigenvalue weighted by Gasteiger charge is 2.18. The number of methoxy groups -OCH3 is 1. The second-order valence-corrected chi connectivity index (χ2v) is 3.31. The first-order valence-corrected chi connectivity index (χ1v) is 4.61. The summed E-state index contributed by atoms with van der Waals surface area (Å²) in [5.41, 5.74) is 0. The van der Waals surface area contributed by atoms with Gasteiger partial charge in [0.2, 0.25) is 0 Å². The third kappa shape index (κ3) is 3.52. The molecule has 1 N–H and O–H groups in total. The molecule has 1 heterocycles. The molecule has 3 nitrogen and oxygen atoms in total. The number of aliphatic hydroxyl groups excluding tert-OH is 1. The zero-order chi connectivity index (χ0) is 8.81. The largest absolute Gasteiger partial charge is 0.393 e. The molecule has 2 atom stereocenters. The second kappa shape index (κ2) is 5.51. The minimum atomic E-state index is -0.256. The number of rotatable bonds is 5. The topological polar surface area (TPSA) is 38.7 Å². The van der Waals surface area contributed by atoms with Crippen molar-refractivity contribution in [2.75, 3.05) is 20.3 Å². The fourth-order valence-electron chi connectivity index (χ4n) is 1.51. The molecular weight excluding hydrogens is 156 g/mol. The summed E-state index contributed by atoms with van der Waals surface area (Å²) in [6, 6.07) is 0. The van der Waals surface area contributed by atoms with Gasteiger partial charge in [0, 0.05) is 20.3 Å². The van der Waals surface area contributed by atoms with Gasteiger partial charge in [0.15, 0.2) is 0 Å². The van der Waals surface area contributed by atoms with Gasteiger partial charge in [0.25, 0.3) is 0 Å². The third-order valence-electron chi connectivity index (χ3n) is 2.21. The molecule has 0 aliphatic carbocycles. The molecule has 1 saturated heterocycles. The molecular formula is C9H18O3. The third-order valence-corrected chi connectivity index (χ3v) is 2.21. The van der Waals surface area contributed by atoms with Crippen molar-refractivity contribution >= 4 is 0 Å². The van der Waals surface area contributed by atoms with E-state index in [9.17, 15) is 5.11 Å². The maximum atomic E-state index is 9.48. The van der Waals surface area contributed by atoms with Gasteiger partial charge in [-0.3, -0.25) is 0 Å². The molecule has 2 unspecified atom stereocenters. The molecule has 0 bridgehead atoms. The Bertz CT molecular complexity index is 110. The fourth-order valence-corrected chi connectivity index (χ4v) is 1.51. The maximum absolute atomic E-state index is 9.48. The van der Waals surface area contributed by atoms with Gasteiger partial charge in [0.1, 0.15) is 0 Å². The van der Waals surface area contributed by atoms with E-state index in [1.54, 1.807) is 7.11 Å². The highest BCUT2D eigenvalue weighted by molar-refractivity contribution is 4.69. The van der Waals surface area contributed by atoms with Gasteiger partial charge in [0.05, 0.1) is 12.2 Å². The molecule has 72 valence electrons. The highest BCUT2D eigenvalue weighted by Crippen LogP contribution is 2.17. The number of ether oxygens (including phenoxy) is 2. The van der Waals surface area contributed by atoms with Gasteiger partial charge in [-0.05, 0) is 25.7 Å². The molecule has 0 saturated carbocycles. The summed E-state index contributed by atoms with van der Waals surface area (Å²) < 4.78 is 10.3. The van der Waals surface area contributed by atoms with Gasteiger partial charge in [-0.2, -0.15) is 0 Å². The Labute approximate surface area is 73.7 Å². The molecule has 0 amide bonds. The molecule has 1 aliphatic heterocycles. The molecule has 1 rings (SSSR count). The summed E-state index contributed by atoms with van der Waals surface area (Å²) in [6.07, 6.45) is 3.76. The summed E-state index contributed by atoms with van der Waals surface area (Å²) >= 11 is 0. The monoisotopic (exact) mass is 174 g/mol. The molecule has 12 heavy (non-hydrogen) atoms. The van der Waals surface area contributed by atoms with E-state index in [-0.39, 0.29) is 12.2 Å². The van der Waals surface area contributed by atoms with Crippen LogP contribution in [0.5, 0.6) is 0 Å². The minimum Gasteiger partial charge on any atom is -0.393 e. The van der Waals surface area contributed by atoms with E-state index in [4.69, 9.17) is 9.47 Å². The van der Waals surface area contributed by atoms with Gasteiger partial charge < -0.3 is 14.6 Å². The lowest BCUT2D eigenvalue weighted by atomic mass is 10.1. The average Bonchev–Trinajstić information content (AvgIpc) is 2.53. The molecule has 3 heteroatoms. The lowest BCUT2D eigenvalue weighted by molar-refractivity contribution is 0.0388. The smallest absolute Gasteiger partial charge is 0.0600 e. The predicted molar refractivity (Wildman–Crippen MR) is 46.1 cm³/mol. The van der Waals surface area contributed by atoms with Crippen LogP contribution in [0.1, 0.15) is 25.7 Å². The lowest BCUT2D eigenvalue weighted by Gasteiger charge is -2.14. The molecule has 0 radical (unpaired) electrons. The second-order valence-electron chi connectivity index (χ2n) is 3.31. The zero-order valence-electron chi connectivity index (χ0n) is 7.66. The van der Waals surface area contributed by atoms with Crippen molar-refractivity contribution in [1.29, 1.82) is 0 Å². The van der Waals surface area contributed by atoms with Crippen molar-refractivity contribution in [2.24, 2.45) is 0 Å². The van der Waals surface area contributed by atoms with Crippen LogP contribution in [-0.2, 0) is 9.47 Å². The Balaban J connectivity index is 2.03. The van der Waals surface area contributed by atoms with Crippen molar-refractivity contribution in [2.45, 2.75) is 37.9 Å². The minimum absolute atomic E-state index is 0.256. The summed E-state index contributed by atoms with van der Waals surface area (Å²) in [4.78, 5) is 0. The predicted octanol–water partition coefficient (Wildman–Crippen LogP) is 0.953. The normalized spacial score (nSPS) is 26.0. The number of hydrogen-bond donors (Lipinski definition) is 1. The van der Waals surface area contributed by atoms with Crippen LogP contribution in [0.3, 0.4) is 0 Å². The fraction of sp³-hybridized carbons (Fsp3) is 1.00. The SMILES string of the molecule is COCCC(O)CC1CCCO1. The van der Waals surface area contributed by atoms with E-state index < -0.39 is 0 Å². The Morgan fingerprint density at radius 2 is 2.50 bits per heavy atom. The van der Waals surface area contributed by atoms with E-state index in [0.29, 0.717) is 6.61 Å². The molecule has 0 aromatic carbocycles. The van der Waals surface area contributed by atoms with E-state index in [2.05, 4.69) is 0 Å². The summed E-state index contributed by atoms with van der Waals surface area (Å²) in [5.74, 6) is 0. The van der Waals surface area contributed by atoms with Crippen molar-refractivity contribution < 1.29 is 14.6 Å². The van der Waals surface area contributed by atoms with Gasteiger partial charge in [-0.15, -0.1) is 0 Å².